The average Bonchev–Trinajstić information content (AvgIpc) is 2.94. The highest BCUT2D eigenvalue weighted by molar-refractivity contribution is 6.00. The summed E-state index contributed by atoms with van der Waals surface area (Å²) in [5.41, 5.74) is 4.08. The van der Waals surface area contributed by atoms with Crippen LogP contribution in [0.3, 0.4) is 0 Å². The molecular formula is C16H15NO2. The third kappa shape index (κ3) is 2.29. The molecule has 0 radical (unpaired) electrons. The molecule has 3 heteroatoms. The lowest BCUT2D eigenvalue weighted by molar-refractivity contribution is 0.0966. The minimum absolute atomic E-state index is 0.140. The van der Waals surface area contributed by atoms with Crippen LogP contribution in [0.2, 0.25) is 0 Å². The normalized spacial score (nSPS) is 15.0. The number of ether oxygens (including phenoxy) is 1. The van der Waals surface area contributed by atoms with Crippen molar-refractivity contribution in [3.05, 3.63) is 65.0 Å². The molecule has 1 aliphatic rings. The molecule has 0 fully saturated rings. The summed E-state index contributed by atoms with van der Waals surface area (Å²) in [4.78, 5) is 16.5. The highest BCUT2D eigenvalue weighted by atomic mass is 16.5. The van der Waals surface area contributed by atoms with Crippen molar-refractivity contribution in [3.8, 4) is 0 Å². The van der Waals surface area contributed by atoms with Gasteiger partial charge in [-0.2, -0.15) is 0 Å². The summed E-state index contributed by atoms with van der Waals surface area (Å²) < 4.78 is 5.38. The number of aromatic nitrogens is 1. The number of carbonyl (C=O) groups is 1. The molecule has 19 heavy (non-hydrogen) atoms. The number of rotatable bonds is 3. The van der Waals surface area contributed by atoms with Gasteiger partial charge in [-0.3, -0.25) is 9.78 Å². The molecule has 2 aromatic rings. The summed E-state index contributed by atoms with van der Waals surface area (Å²) in [6, 6.07) is 9.63. The van der Waals surface area contributed by atoms with Gasteiger partial charge in [0.1, 0.15) is 0 Å². The molecule has 0 saturated heterocycles. The Morgan fingerprint density at radius 1 is 1.16 bits per heavy atom. The molecule has 3 rings (SSSR count). The SMILES string of the molecule is CC(C(=O)c1ccc2c(c1)COC2)c1ccncc1. The number of pyridine rings is 1. The molecule has 1 aromatic carbocycles. The fourth-order valence-electron chi connectivity index (χ4n) is 2.38. The first-order valence-electron chi connectivity index (χ1n) is 6.39. The molecule has 1 atom stereocenters. The summed E-state index contributed by atoms with van der Waals surface area (Å²) in [7, 11) is 0. The van der Waals surface area contributed by atoms with E-state index in [0.29, 0.717) is 13.2 Å². The van der Waals surface area contributed by atoms with E-state index in [1.807, 2.05) is 37.3 Å². The van der Waals surface area contributed by atoms with Gasteiger partial charge in [-0.05, 0) is 34.9 Å². The van der Waals surface area contributed by atoms with E-state index < -0.39 is 0 Å². The number of benzene rings is 1. The number of hydrogen-bond acceptors (Lipinski definition) is 3. The number of fused-ring (bicyclic) bond motifs is 1. The Hall–Kier alpha value is -2.00. The molecule has 0 aliphatic carbocycles. The Kier molecular flexibility index (Phi) is 3.13. The van der Waals surface area contributed by atoms with Crippen molar-refractivity contribution in [1.29, 1.82) is 0 Å². The molecule has 0 bridgehead atoms. The largest absolute Gasteiger partial charge is 0.372 e. The van der Waals surface area contributed by atoms with Gasteiger partial charge < -0.3 is 4.74 Å². The molecule has 0 amide bonds. The molecule has 96 valence electrons. The van der Waals surface area contributed by atoms with E-state index in [9.17, 15) is 4.79 Å². The second kappa shape index (κ2) is 4.94. The molecule has 2 heterocycles. The van der Waals surface area contributed by atoms with Crippen molar-refractivity contribution in [2.75, 3.05) is 0 Å². The zero-order valence-corrected chi connectivity index (χ0v) is 10.8. The molecule has 0 saturated carbocycles. The quantitative estimate of drug-likeness (QED) is 0.789. The monoisotopic (exact) mass is 253 g/mol. The van der Waals surface area contributed by atoms with Gasteiger partial charge in [-0.1, -0.05) is 19.1 Å². The van der Waals surface area contributed by atoms with Gasteiger partial charge in [0.25, 0.3) is 0 Å². The van der Waals surface area contributed by atoms with Gasteiger partial charge in [-0.15, -0.1) is 0 Å². The second-order valence-electron chi connectivity index (χ2n) is 4.84. The lowest BCUT2D eigenvalue weighted by Crippen LogP contribution is -2.10. The van der Waals surface area contributed by atoms with Gasteiger partial charge in [0, 0.05) is 23.9 Å². The zero-order valence-electron chi connectivity index (χ0n) is 10.8. The van der Waals surface area contributed by atoms with E-state index in [2.05, 4.69) is 4.98 Å². The molecular weight excluding hydrogens is 238 g/mol. The Bertz CT molecular complexity index is 607. The summed E-state index contributed by atoms with van der Waals surface area (Å²) in [5.74, 6) is -0.00993. The number of ketones is 1. The van der Waals surface area contributed by atoms with E-state index in [1.54, 1.807) is 12.4 Å². The van der Waals surface area contributed by atoms with Crippen molar-refractivity contribution in [1.82, 2.24) is 4.98 Å². The van der Waals surface area contributed by atoms with Gasteiger partial charge >= 0.3 is 0 Å². The van der Waals surface area contributed by atoms with E-state index in [-0.39, 0.29) is 11.7 Å². The fourth-order valence-corrected chi connectivity index (χ4v) is 2.38. The predicted octanol–water partition coefficient (Wildman–Crippen LogP) is 3.10. The van der Waals surface area contributed by atoms with Gasteiger partial charge in [0.2, 0.25) is 0 Å². The van der Waals surface area contributed by atoms with Crippen LogP contribution < -0.4 is 0 Å². The number of hydrogen-bond donors (Lipinski definition) is 0. The van der Waals surface area contributed by atoms with E-state index >= 15 is 0 Å². The van der Waals surface area contributed by atoms with E-state index in [0.717, 1.165) is 16.7 Å². The van der Waals surface area contributed by atoms with Crippen molar-refractivity contribution in [3.63, 3.8) is 0 Å². The van der Waals surface area contributed by atoms with Crippen molar-refractivity contribution in [2.24, 2.45) is 0 Å². The third-order valence-electron chi connectivity index (χ3n) is 3.61. The van der Waals surface area contributed by atoms with E-state index in [4.69, 9.17) is 4.74 Å². The minimum Gasteiger partial charge on any atom is -0.372 e. The summed E-state index contributed by atoms with van der Waals surface area (Å²) in [6.07, 6.45) is 3.44. The maximum absolute atomic E-state index is 12.5. The fraction of sp³-hybridized carbons (Fsp3) is 0.250. The lowest BCUT2D eigenvalue weighted by Gasteiger charge is -2.11. The Morgan fingerprint density at radius 2 is 1.89 bits per heavy atom. The summed E-state index contributed by atoms with van der Waals surface area (Å²) in [6.45, 7) is 3.20. The van der Waals surface area contributed by atoms with Crippen molar-refractivity contribution >= 4 is 5.78 Å². The summed E-state index contributed by atoms with van der Waals surface area (Å²) >= 11 is 0. The molecule has 3 nitrogen and oxygen atoms in total. The molecule has 0 N–H and O–H groups in total. The van der Waals surface area contributed by atoms with Crippen molar-refractivity contribution in [2.45, 2.75) is 26.1 Å². The van der Waals surface area contributed by atoms with Crippen molar-refractivity contribution < 1.29 is 9.53 Å². The predicted molar refractivity (Wildman–Crippen MR) is 71.9 cm³/mol. The first-order valence-corrected chi connectivity index (χ1v) is 6.39. The van der Waals surface area contributed by atoms with Crippen LogP contribution in [0.1, 0.15) is 39.9 Å². The standard InChI is InChI=1S/C16H15NO2/c1-11(12-4-6-17-7-5-12)16(18)13-2-3-14-9-19-10-15(14)8-13/h2-8,11H,9-10H2,1H3. The lowest BCUT2D eigenvalue weighted by atomic mass is 9.91. The van der Waals surface area contributed by atoms with Gasteiger partial charge in [0.05, 0.1) is 13.2 Å². The Labute approximate surface area is 112 Å². The van der Waals surface area contributed by atoms with Crippen LogP contribution in [-0.4, -0.2) is 10.8 Å². The molecule has 1 aromatic heterocycles. The highest BCUT2D eigenvalue weighted by Crippen LogP contribution is 2.25. The first kappa shape index (κ1) is 12.1. The first-order chi connectivity index (χ1) is 9.25. The Balaban J connectivity index is 1.88. The van der Waals surface area contributed by atoms with Gasteiger partial charge in [0.15, 0.2) is 5.78 Å². The topological polar surface area (TPSA) is 39.2 Å². The van der Waals surface area contributed by atoms with Crippen LogP contribution in [0.4, 0.5) is 0 Å². The molecule has 0 spiro atoms. The zero-order chi connectivity index (χ0) is 13.2. The van der Waals surface area contributed by atoms with Crippen LogP contribution in [0.5, 0.6) is 0 Å². The number of Topliss-reactive ketones (excluding diaryl/α,β-unsaturated/α-hetero) is 1. The van der Waals surface area contributed by atoms with Crippen LogP contribution in [0, 0.1) is 0 Å². The molecule has 1 unspecified atom stereocenters. The average molecular weight is 253 g/mol. The summed E-state index contributed by atoms with van der Waals surface area (Å²) in [5, 5.41) is 0. The smallest absolute Gasteiger partial charge is 0.170 e. The minimum atomic E-state index is -0.150. The molecule has 1 aliphatic heterocycles. The Morgan fingerprint density at radius 3 is 2.68 bits per heavy atom. The number of nitrogens with zero attached hydrogens (tertiary/aromatic N) is 1. The van der Waals surface area contributed by atoms with Crippen LogP contribution in [0.25, 0.3) is 0 Å². The van der Waals surface area contributed by atoms with Crippen LogP contribution in [0.15, 0.2) is 42.7 Å². The second-order valence-corrected chi connectivity index (χ2v) is 4.84. The maximum atomic E-state index is 12.5. The maximum Gasteiger partial charge on any atom is 0.170 e. The van der Waals surface area contributed by atoms with Crippen LogP contribution >= 0.6 is 0 Å². The number of carbonyl (C=O) groups excluding carboxylic acids is 1. The third-order valence-corrected chi connectivity index (χ3v) is 3.61. The van der Waals surface area contributed by atoms with Crippen LogP contribution in [-0.2, 0) is 18.0 Å². The van der Waals surface area contributed by atoms with Gasteiger partial charge in [-0.25, -0.2) is 0 Å². The highest BCUT2D eigenvalue weighted by Gasteiger charge is 2.19. The van der Waals surface area contributed by atoms with E-state index in [1.165, 1.54) is 5.56 Å².